The summed E-state index contributed by atoms with van der Waals surface area (Å²) in [5.41, 5.74) is 2.09. The van der Waals surface area contributed by atoms with Crippen LogP contribution in [0.2, 0.25) is 0 Å². The molecule has 3 rings (SSSR count). The lowest BCUT2D eigenvalue weighted by Gasteiger charge is -2.35. The third kappa shape index (κ3) is 6.36. The summed E-state index contributed by atoms with van der Waals surface area (Å²) in [4.78, 5) is 14.3. The number of piperidine rings is 1. The van der Waals surface area contributed by atoms with Crippen molar-refractivity contribution in [2.45, 2.75) is 38.8 Å². The quantitative estimate of drug-likeness (QED) is 0.711. The van der Waals surface area contributed by atoms with Crippen LogP contribution in [0.5, 0.6) is 0 Å². The molecule has 1 N–H and O–H groups in total. The maximum atomic E-state index is 14.3. The van der Waals surface area contributed by atoms with E-state index in [-0.39, 0.29) is 24.3 Å². The molecule has 3 nitrogen and oxygen atoms in total. The molecule has 4 heteroatoms. The second kappa shape index (κ2) is 10.8. The number of carbonyl (C=O) groups excluding carboxylic acids is 1. The van der Waals surface area contributed by atoms with Gasteiger partial charge in [0.2, 0.25) is 5.91 Å². The fourth-order valence-electron chi connectivity index (χ4n) is 3.60. The maximum Gasteiger partial charge on any atom is 0.226 e. The number of alkyl halides is 1. The van der Waals surface area contributed by atoms with Crippen LogP contribution >= 0.6 is 0 Å². The van der Waals surface area contributed by atoms with Crippen molar-refractivity contribution in [3.05, 3.63) is 73.0 Å². The molecular weight excluding hydrogens is 351 g/mol. The van der Waals surface area contributed by atoms with Gasteiger partial charge in [-0.2, -0.15) is 0 Å². The summed E-state index contributed by atoms with van der Waals surface area (Å²) in [7, 11) is 0. The van der Waals surface area contributed by atoms with Gasteiger partial charge in [-0.15, -0.1) is 0 Å². The lowest BCUT2D eigenvalue weighted by molar-refractivity contribution is -0.135. The molecule has 1 saturated carbocycles. The van der Waals surface area contributed by atoms with E-state index in [4.69, 9.17) is 0 Å². The van der Waals surface area contributed by atoms with Crippen molar-refractivity contribution >= 4 is 5.91 Å². The van der Waals surface area contributed by atoms with Crippen LogP contribution in [0.3, 0.4) is 0 Å². The molecule has 28 heavy (non-hydrogen) atoms. The molecule has 1 heterocycles. The van der Waals surface area contributed by atoms with Crippen molar-refractivity contribution in [2.24, 2.45) is 11.8 Å². The Morgan fingerprint density at radius 3 is 2.61 bits per heavy atom. The Morgan fingerprint density at radius 2 is 2.07 bits per heavy atom. The molecule has 1 amide bonds. The maximum absolute atomic E-state index is 14.3. The van der Waals surface area contributed by atoms with Crippen molar-refractivity contribution in [3.8, 4) is 0 Å². The van der Waals surface area contributed by atoms with Gasteiger partial charge in [-0.05, 0) is 38.2 Å². The number of halogens is 1. The second-order valence-electron chi connectivity index (χ2n) is 7.63. The van der Waals surface area contributed by atoms with Crippen molar-refractivity contribution < 1.29 is 9.18 Å². The number of amides is 1. The molecule has 2 aliphatic rings. The summed E-state index contributed by atoms with van der Waals surface area (Å²) in [5.74, 6) is 0.479. The number of allylic oxidation sites excluding steroid dienone is 4. The summed E-state index contributed by atoms with van der Waals surface area (Å²) in [6.07, 6.45) is 6.24. The predicted octanol–water partition coefficient (Wildman–Crippen LogP) is 4.85. The first-order valence-electron chi connectivity index (χ1n) is 10.1. The standard InChI is InChI=1S/C19H25FN2O.C5H8/c1-13(2)21-11-15-8-9-22(12-18(15)20)19(23)17-10-16(17)14-6-4-3-5-7-14;1-3-5-4-2/h3-7,15-18,21H,1,8-12H2,2H3;3-5H,1H2,2H3/b;5-4-/t15-,16+,17?,18-;/m1./s1. The Kier molecular flexibility index (Phi) is 8.49. The lowest BCUT2D eigenvalue weighted by Crippen LogP contribution is -2.47. The molecule has 0 aromatic heterocycles. The largest absolute Gasteiger partial charge is 0.389 e. The second-order valence-corrected chi connectivity index (χ2v) is 7.63. The first-order chi connectivity index (χ1) is 13.5. The Morgan fingerprint density at radius 1 is 1.36 bits per heavy atom. The van der Waals surface area contributed by atoms with E-state index in [1.54, 1.807) is 11.0 Å². The molecule has 0 radical (unpaired) electrons. The average Bonchev–Trinajstić information content (AvgIpc) is 3.49. The van der Waals surface area contributed by atoms with E-state index < -0.39 is 6.17 Å². The van der Waals surface area contributed by atoms with Crippen LogP contribution in [0, 0.1) is 11.8 Å². The number of likely N-dealkylation sites (tertiary alicyclic amines) is 1. The predicted molar refractivity (Wildman–Crippen MR) is 115 cm³/mol. The van der Waals surface area contributed by atoms with Crippen LogP contribution < -0.4 is 5.32 Å². The van der Waals surface area contributed by atoms with Gasteiger partial charge in [0.15, 0.2) is 0 Å². The third-order valence-corrected chi connectivity index (χ3v) is 5.32. The van der Waals surface area contributed by atoms with Gasteiger partial charge in [0.05, 0.1) is 6.54 Å². The summed E-state index contributed by atoms with van der Waals surface area (Å²) < 4.78 is 14.3. The van der Waals surface area contributed by atoms with Crippen LogP contribution in [-0.2, 0) is 4.79 Å². The normalized spacial score (nSPS) is 26.2. The summed E-state index contributed by atoms with van der Waals surface area (Å²) in [6.45, 7) is 12.6. The van der Waals surface area contributed by atoms with E-state index in [9.17, 15) is 9.18 Å². The monoisotopic (exact) mass is 384 g/mol. The Bertz CT molecular complexity index is 685. The van der Waals surface area contributed by atoms with Gasteiger partial charge in [-0.1, -0.05) is 61.7 Å². The average molecular weight is 385 g/mol. The number of rotatable bonds is 6. The van der Waals surface area contributed by atoms with Gasteiger partial charge in [-0.25, -0.2) is 4.39 Å². The topological polar surface area (TPSA) is 32.3 Å². The minimum absolute atomic E-state index is 0.0279. The number of carbonyl (C=O) groups is 1. The Hall–Kier alpha value is -2.36. The van der Waals surface area contributed by atoms with E-state index in [2.05, 4.69) is 30.6 Å². The molecule has 152 valence electrons. The molecule has 1 aliphatic heterocycles. The molecule has 1 aliphatic carbocycles. The van der Waals surface area contributed by atoms with Gasteiger partial charge in [0, 0.05) is 30.6 Å². The fourth-order valence-corrected chi connectivity index (χ4v) is 3.60. The van der Waals surface area contributed by atoms with Gasteiger partial charge < -0.3 is 10.2 Å². The van der Waals surface area contributed by atoms with Crippen LogP contribution in [0.25, 0.3) is 0 Å². The smallest absolute Gasteiger partial charge is 0.226 e. The van der Waals surface area contributed by atoms with Gasteiger partial charge >= 0.3 is 0 Å². The number of benzene rings is 1. The molecule has 4 atom stereocenters. The SMILES string of the molecule is C=C(C)NC[C@H]1CCN(C(=O)C2C[C@H]2c2ccccc2)C[C@H]1F.C=C/C=C\C. The minimum Gasteiger partial charge on any atom is -0.389 e. The highest BCUT2D eigenvalue weighted by Crippen LogP contribution is 2.48. The van der Waals surface area contributed by atoms with Gasteiger partial charge in [0.1, 0.15) is 6.17 Å². The molecule has 2 fully saturated rings. The van der Waals surface area contributed by atoms with E-state index in [0.29, 0.717) is 19.0 Å². The summed E-state index contributed by atoms with van der Waals surface area (Å²) in [6, 6.07) is 10.1. The van der Waals surface area contributed by atoms with Crippen molar-refractivity contribution in [3.63, 3.8) is 0 Å². The van der Waals surface area contributed by atoms with E-state index in [1.165, 1.54) is 5.56 Å². The van der Waals surface area contributed by atoms with Gasteiger partial charge in [0.25, 0.3) is 0 Å². The lowest BCUT2D eigenvalue weighted by atomic mass is 9.94. The number of nitrogens with one attached hydrogen (secondary N) is 1. The Balaban J connectivity index is 0.000000500. The first kappa shape index (κ1) is 21.9. The van der Waals surface area contributed by atoms with Crippen molar-refractivity contribution in [2.75, 3.05) is 19.6 Å². The zero-order valence-electron chi connectivity index (χ0n) is 17.1. The third-order valence-electron chi connectivity index (χ3n) is 5.32. The molecule has 0 bridgehead atoms. The van der Waals surface area contributed by atoms with Crippen LogP contribution in [0.1, 0.15) is 38.2 Å². The molecule has 1 aromatic carbocycles. The minimum atomic E-state index is -0.950. The van der Waals surface area contributed by atoms with E-state index in [1.807, 2.05) is 44.2 Å². The molecule has 1 aromatic rings. The highest BCUT2D eigenvalue weighted by atomic mass is 19.1. The number of hydrogen-bond acceptors (Lipinski definition) is 2. The van der Waals surface area contributed by atoms with Gasteiger partial charge in [-0.3, -0.25) is 4.79 Å². The number of hydrogen-bond donors (Lipinski definition) is 1. The van der Waals surface area contributed by atoms with Crippen LogP contribution in [0.4, 0.5) is 4.39 Å². The van der Waals surface area contributed by atoms with E-state index >= 15 is 0 Å². The summed E-state index contributed by atoms with van der Waals surface area (Å²) in [5, 5.41) is 3.12. The summed E-state index contributed by atoms with van der Waals surface area (Å²) >= 11 is 0. The zero-order valence-corrected chi connectivity index (χ0v) is 17.1. The molecular formula is C24H33FN2O. The molecule has 0 spiro atoms. The molecule has 1 saturated heterocycles. The van der Waals surface area contributed by atoms with Crippen LogP contribution in [-0.4, -0.2) is 36.6 Å². The fraction of sp³-hybridized carbons (Fsp3) is 0.458. The van der Waals surface area contributed by atoms with Crippen LogP contribution in [0.15, 0.2) is 67.4 Å². The highest BCUT2D eigenvalue weighted by molar-refractivity contribution is 5.83. The van der Waals surface area contributed by atoms with Crippen molar-refractivity contribution in [1.82, 2.24) is 10.2 Å². The number of nitrogens with zero attached hydrogens (tertiary/aromatic N) is 1. The Labute approximate surface area is 169 Å². The molecule has 1 unspecified atom stereocenters. The van der Waals surface area contributed by atoms with E-state index in [0.717, 1.165) is 18.5 Å². The van der Waals surface area contributed by atoms with Crippen molar-refractivity contribution in [1.29, 1.82) is 0 Å². The zero-order chi connectivity index (χ0) is 20.5. The highest BCUT2D eigenvalue weighted by Gasteiger charge is 2.46. The first-order valence-corrected chi connectivity index (χ1v) is 10.1.